The third-order valence-corrected chi connectivity index (χ3v) is 2.43. The zero-order valence-electron chi connectivity index (χ0n) is 9.60. The summed E-state index contributed by atoms with van der Waals surface area (Å²) in [5, 5.41) is 7.12. The van der Waals surface area contributed by atoms with Crippen LogP contribution in [0.2, 0.25) is 0 Å². The number of nitrogens with one attached hydrogen (secondary N) is 2. The first-order valence-electron chi connectivity index (χ1n) is 5.48. The Balaban J connectivity index is 3.38. The molecule has 0 rings (SSSR count). The smallest absolute Gasteiger partial charge is 0.166 e. The van der Waals surface area contributed by atoms with Crippen LogP contribution in [0.5, 0.6) is 0 Å². The summed E-state index contributed by atoms with van der Waals surface area (Å²) in [4.78, 5) is 2.37. The molecule has 0 atom stereocenters. The molecule has 0 heterocycles. The van der Waals surface area contributed by atoms with Gasteiger partial charge in [0.1, 0.15) is 0 Å². The molecule has 0 unspecified atom stereocenters. The molecule has 0 aliphatic rings. The average molecular weight is 217 g/mol. The van der Waals surface area contributed by atoms with E-state index < -0.39 is 0 Å². The molecule has 0 aliphatic heterocycles. The second kappa shape index (κ2) is 9.21. The van der Waals surface area contributed by atoms with Crippen LogP contribution in [-0.2, 0) is 0 Å². The second-order valence-corrected chi connectivity index (χ2v) is 3.62. The van der Waals surface area contributed by atoms with Gasteiger partial charge in [-0.2, -0.15) is 0 Å². The van der Waals surface area contributed by atoms with Gasteiger partial charge in [-0.3, -0.25) is 0 Å². The van der Waals surface area contributed by atoms with Gasteiger partial charge in [-0.1, -0.05) is 20.8 Å². The van der Waals surface area contributed by atoms with Gasteiger partial charge in [0.05, 0.1) is 0 Å². The molecule has 4 heteroatoms. The number of thiocarbonyl (C=S) groups is 1. The normalized spacial score (nSPS) is 10.3. The van der Waals surface area contributed by atoms with Crippen molar-refractivity contribution >= 4 is 17.3 Å². The van der Waals surface area contributed by atoms with E-state index in [1.165, 1.54) is 0 Å². The van der Waals surface area contributed by atoms with Crippen LogP contribution in [-0.4, -0.2) is 42.7 Å². The van der Waals surface area contributed by atoms with Gasteiger partial charge in [-0.05, 0) is 31.7 Å². The molecule has 3 nitrogen and oxygen atoms in total. The monoisotopic (exact) mass is 217 g/mol. The van der Waals surface area contributed by atoms with E-state index in [4.69, 9.17) is 12.2 Å². The maximum atomic E-state index is 5.10. The number of hydrogen-bond acceptors (Lipinski definition) is 2. The van der Waals surface area contributed by atoms with E-state index in [2.05, 4.69) is 36.3 Å². The molecule has 0 spiro atoms. The Hall–Kier alpha value is -0.350. The largest absolute Gasteiger partial charge is 0.363 e. The predicted octanol–water partition coefficient (Wildman–Crippen LogP) is 1.20. The molecule has 2 N–H and O–H groups in total. The van der Waals surface area contributed by atoms with Crippen molar-refractivity contribution in [2.24, 2.45) is 0 Å². The maximum absolute atomic E-state index is 5.10. The second-order valence-electron chi connectivity index (χ2n) is 3.21. The van der Waals surface area contributed by atoms with E-state index in [1.807, 2.05) is 0 Å². The van der Waals surface area contributed by atoms with Gasteiger partial charge in [-0.15, -0.1) is 0 Å². The third-order valence-electron chi connectivity index (χ3n) is 2.14. The first-order valence-corrected chi connectivity index (χ1v) is 5.89. The highest BCUT2D eigenvalue weighted by Gasteiger charge is 1.98. The number of likely N-dealkylation sites (N-methyl/N-ethyl adjacent to an activating group) is 1. The Morgan fingerprint density at radius 3 is 2.14 bits per heavy atom. The fourth-order valence-corrected chi connectivity index (χ4v) is 1.37. The fourth-order valence-electron chi connectivity index (χ4n) is 1.17. The molecule has 0 aromatic carbocycles. The van der Waals surface area contributed by atoms with Crippen molar-refractivity contribution in [1.82, 2.24) is 15.5 Å². The van der Waals surface area contributed by atoms with Crippen LogP contribution in [0, 0.1) is 0 Å². The topological polar surface area (TPSA) is 27.3 Å². The van der Waals surface area contributed by atoms with E-state index in [0.29, 0.717) is 0 Å². The van der Waals surface area contributed by atoms with E-state index in [-0.39, 0.29) is 0 Å². The van der Waals surface area contributed by atoms with Crippen LogP contribution in [0.4, 0.5) is 0 Å². The Labute approximate surface area is 93.2 Å². The first kappa shape index (κ1) is 13.7. The SMILES string of the molecule is CCCNC(=S)NCCN(CC)CC. The Kier molecular flexibility index (Phi) is 8.98. The van der Waals surface area contributed by atoms with Gasteiger partial charge < -0.3 is 15.5 Å². The summed E-state index contributed by atoms with van der Waals surface area (Å²) in [6, 6.07) is 0. The lowest BCUT2D eigenvalue weighted by atomic mass is 10.4. The van der Waals surface area contributed by atoms with Crippen molar-refractivity contribution in [2.45, 2.75) is 27.2 Å². The predicted molar refractivity (Wildman–Crippen MR) is 66.7 cm³/mol. The molecule has 0 amide bonds. The Morgan fingerprint density at radius 2 is 1.64 bits per heavy atom. The molecule has 0 aromatic rings. The van der Waals surface area contributed by atoms with Crippen molar-refractivity contribution in [1.29, 1.82) is 0 Å². The molecular weight excluding hydrogens is 194 g/mol. The highest BCUT2D eigenvalue weighted by Crippen LogP contribution is 1.84. The molecule has 0 saturated carbocycles. The molecule has 14 heavy (non-hydrogen) atoms. The first-order chi connectivity index (χ1) is 6.74. The molecule has 0 fully saturated rings. The summed E-state index contributed by atoms with van der Waals surface area (Å²) in [6.45, 7) is 11.6. The Bertz CT molecular complexity index is 146. The van der Waals surface area contributed by atoms with E-state index in [9.17, 15) is 0 Å². The lowest BCUT2D eigenvalue weighted by Crippen LogP contribution is -2.40. The van der Waals surface area contributed by atoms with Crippen LogP contribution in [0.1, 0.15) is 27.2 Å². The van der Waals surface area contributed by atoms with Gasteiger partial charge >= 0.3 is 0 Å². The molecule has 0 bridgehead atoms. The van der Waals surface area contributed by atoms with Crippen molar-refractivity contribution in [3.8, 4) is 0 Å². The van der Waals surface area contributed by atoms with E-state index >= 15 is 0 Å². The minimum absolute atomic E-state index is 0.777. The lowest BCUT2D eigenvalue weighted by Gasteiger charge is -2.18. The van der Waals surface area contributed by atoms with Gasteiger partial charge in [-0.25, -0.2) is 0 Å². The molecule has 0 aliphatic carbocycles. The van der Waals surface area contributed by atoms with Crippen LogP contribution in [0.15, 0.2) is 0 Å². The van der Waals surface area contributed by atoms with Gasteiger partial charge in [0, 0.05) is 19.6 Å². The molecule has 84 valence electrons. The quantitative estimate of drug-likeness (QED) is 0.627. The third kappa shape index (κ3) is 7.09. The zero-order chi connectivity index (χ0) is 10.8. The summed E-state index contributed by atoms with van der Waals surface area (Å²) in [7, 11) is 0. The number of nitrogens with zero attached hydrogens (tertiary/aromatic N) is 1. The minimum atomic E-state index is 0.777. The van der Waals surface area contributed by atoms with Crippen LogP contribution < -0.4 is 10.6 Å². The molecule has 0 aromatic heterocycles. The highest BCUT2D eigenvalue weighted by molar-refractivity contribution is 7.80. The lowest BCUT2D eigenvalue weighted by molar-refractivity contribution is 0.308. The summed E-state index contributed by atoms with van der Waals surface area (Å²) < 4.78 is 0. The van der Waals surface area contributed by atoms with Gasteiger partial charge in [0.25, 0.3) is 0 Å². The zero-order valence-corrected chi connectivity index (χ0v) is 10.4. The average Bonchev–Trinajstić information content (AvgIpc) is 2.21. The summed E-state index contributed by atoms with van der Waals surface area (Å²) in [5.41, 5.74) is 0. The molecular formula is C10H23N3S. The number of rotatable bonds is 7. The van der Waals surface area contributed by atoms with Crippen LogP contribution in [0.25, 0.3) is 0 Å². The van der Waals surface area contributed by atoms with Crippen LogP contribution >= 0.6 is 12.2 Å². The standard InChI is InChI=1S/C10H23N3S/c1-4-7-11-10(14)12-8-9-13(5-2)6-3/h4-9H2,1-3H3,(H2,11,12,14). The van der Waals surface area contributed by atoms with Crippen molar-refractivity contribution in [3.63, 3.8) is 0 Å². The molecule has 0 saturated heterocycles. The summed E-state index contributed by atoms with van der Waals surface area (Å²) >= 11 is 5.10. The minimum Gasteiger partial charge on any atom is -0.363 e. The number of hydrogen-bond donors (Lipinski definition) is 2. The van der Waals surface area contributed by atoms with E-state index in [0.717, 1.165) is 44.3 Å². The van der Waals surface area contributed by atoms with Crippen molar-refractivity contribution in [2.75, 3.05) is 32.7 Å². The molecule has 0 radical (unpaired) electrons. The van der Waals surface area contributed by atoms with Crippen molar-refractivity contribution < 1.29 is 0 Å². The van der Waals surface area contributed by atoms with Gasteiger partial charge in [0.15, 0.2) is 5.11 Å². The van der Waals surface area contributed by atoms with E-state index in [1.54, 1.807) is 0 Å². The fraction of sp³-hybridized carbons (Fsp3) is 0.900. The maximum Gasteiger partial charge on any atom is 0.166 e. The van der Waals surface area contributed by atoms with Gasteiger partial charge in [0.2, 0.25) is 0 Å². The summed E-state index contributed by atoms with van der Waals surface area (Å²) in [5.74, 6) is 0. The van der Waals surface area contributed by atoms with Crippen LogP contribution in [0.3, 0.4) is 0 Å². The highest BCUT2D eigenvalue weighted by atomic mass is 32.1. The summed E-state index contributed by atoms with van der Waals surface area (Å²) in [6.07, 6.45) is 1.11. The van der Waals surface area contributed by atoms with Crippen molar-refractivity contribution in [3.05, 3.63) is 0 Å². The Morgan fingerprint density at radius 1 is 1.07 bits per heavy atom.